The minimum absolute atomic E-state index is 0.0372. The van der Waals surface area contributed by atoms with E-state index in [0.717, 1.165) is 55.0 Å². The zero-order chi connectivity index (χ0) is 24.6. The van der Waals surface area contributed by atoms with E-state index >= 15 is 0 Å². The number of ether oxygens (including phenoxy) is 2. The molecule has 35 heavy (non-hydrogen) atoms. The molecule has 0 amide bonds. The number of β-amino-alcohol motifs (C(OH)–C–C–N with tert-alkyl or cyclic N) is 1. The first-order chi connectivity index (χ1) is 16.8. The number of fused-ring (bicyclic) bond motifs is 1. The predicted molar refractivity (Wildman–Crippen MR) is 128 cm³/mol. The average Bonchev–Trinajstić information content (AvgIpc) is 3.48. The molecule has 0 aliphatic carbocycles. The van der Waals surface area contributed by atoms with Crippen LogP contribution in [0.25, 0.3) is 16.9 Å². The van der Waals surface area contributed by atoms with E-state index in [1.807, 2.05) is 30.9 Å². The van der Waals surface area contributed by atoms with Gasteiger partial charge in [0.15, 0.2) is 5.82 Å². The minimum atomic E-state index is -0.684. The normalized spacial score (nSPS) is 19.1. The predicted octanol–water partition coefficient (Wildman–Crippen LogP) is 2.49. The van der Waals surface area contributed by atoms with Crippen molar-refractivity contribution in [2.75, 3.05) is 40.0 Å². The SMILES string of the molecule is COc1ncc(-n2nc(-c3cnn(C[C@H]4CCN(CC(C)(C)O)C4)c3)c3c2CCOCC3)cc1F. The van der Waals surface area contributed by atoms with Gasteiger partial charge in [0.1, 0.15) is 0 Å². The van der Waals surface area contributed by atoms with Crippen LogP contribution < -0.4 is 4.74 Å². The van der Waals surface area contributed by atoms with Crippen molar-refractivity contribution in [2.24, 2.45) is 5.92 Å². The first-order valence-electron chi connectivity index (χ1n) is 12.2. The Morgan fingerprint density at radius 3 is 2.86 bits per heavy atom. The number of methoxy groups -OCH3 is 1. The van der Waals surface area contributed by atoms with Crippen LogP contribution in [0.2, 0.25) is 0 Å². The summed E-state index contributed by atoms with van der Waals surface area (Å²) in [5.74, 6) is -0.0740. The Labute approximate surface area is 204 Å². The van der Waals surface area contributed by atoms with Gasteiger partial charge in [-0.05, 0) is 39.2 Å². The van der Waals surface area contributed by atoms with Gasteiger partial charge in [-0.15, -0.1) is 0 Å². The van der Waals surface area contributed by atoms with E-state index in [4.69, 9.17) is 14.6 Å². The molecule has 9 nitrogen and oxygen atoms in total. The van der Waals surface area contributed by atoms with Crippen molar-refractivity contribution in [3.8, 4) is 22.8 Å². The molecule has 0 aromatic carbocycles. The van der Waals surface area contributed by atoms with Gasteiger partial charge in [-0.25, -0.2) is 14.1 Å². The highest BCUT2D eigenvalue weighted by molar-refractivity contribution is 5.64. The van der Waals surface area contributed by atoms with E-state index in [2.05, 4.69) is 15.0 Å². The molecule has 188 valence electrons. The molecule has 2 aliphatic heterocycles. The summed E-state index contributed by atoms with van der Waals surface area (Å²) in [6.07, 6.45) is 7.98. The van der Waals surface area contributed by atoms with Gasteiger partial charge < -0.3 is 19.5 Å². The molecule has 1 N–H and O–H groups in total. The molecule has 1 atom stereocenters. The Morgan fingerprint density at radius 2 is 2.09 bits per heavy atom. The number of hydrogen-bond donors (Lipinski definition) is 1. The lowest BCUT2D eigenvalue weighted by Gasteiger charge is -2.25. The lowest BCUT2D eigenvalue weighted by Crippen LogP contribution is -2.37. The maximum Gasteiger partial charge on any atom is 0.250 e. The molecule has 0 radical (unpaired) electrons. The van der Waals surface area contributed by atoms with Crippen molar-refractivity contribution in [1.29, 1.82) is 0 Å². The van der Waals surface area contributed by atoms with Crippen molar-refractivity contribution in [1.82, 2.24) is 29.4 Å². The Hall–Kier alpha value is -2.82. The summed E-state index contributed by atoms with van der Waals surface area (Å²) < 4.78 is 28.9. The number of pyridine rings is 1. The molecule has 1 saturated heterocycles. The molecule has 2 aliphatic rings. The van der Waals surface area contributed by atoms with E-state index in [1.54, 1.807) is 10.9 Å². The molecule has 0 saturated carbocycles. The Bertz CT molecular complexity index is 1180. The quantitative estimate of drug-likeness (QED) is 0.551. The van der Waals surface area contributed by atoms with Gasteiger partial charge in [0.25, 0.3) is 0 Å². The van der Waals surface area contributed by atoms with Crippen molar-refractivity contribution < 1.29 is 19.0 Å². The summed E-state index contributed by atoms with van der Waals surface area (Å²) >= 11 is 0. The largest absolute Gasteiger partial charge is 0.479 e. The van der Waals surface area contributed by atoms with E-state index < -0.39 is 11.4 Å². The number of aliphatic hydroxyl groups is 1. The van der Waals surface area contributed by atoms with Crippen LogP contribution in [-0.4, -0.2) is 80.1 Å². The second-order valence-electron chi connectivity index (χ2n) is 10.1. The summed E-state index contributed by atoms with van der Waals surface area (Å²) in [5, 5.41) is 19.6. The van der Waals surface area contributed by atoms with Crippen LogP contribution in [0.1, 0.15) is 31.5 Å². The summed E-state index contributed by atoms with van der Waals surface area (Å²) in [6, 6.07) is 1.40. The number of nitrogens with zero attached hydrogens (tertiary/aromatic N) is 6. The summed E-state index contributed by atoms with van der Waals surface area (Å²) in [6.45, 7) is 8.36. The average molecular weight is 485 g/mol. The minimum Gasteiger partial charge on any atom is -0.479 e. The molecule has 3 aromatic rings. The van der Waals surface area contributed by atoms with Gasteiger partial charge in [-0.2, -0.15) is 10.2 Å². The third-order valence-electron chi connectivity index (χ3n) is 6.63. The number of aromatic nitrogens is 5. The molecular weight excluding hydrogens is 451 g/mol. The topological polar surface area (TPSA) is 90.5 Å². The van der Waals surface area contributed by atoms with E-state index in [1.165, 1.54) is 13.2 Å². The second-order valence-corrected chi connectivity index (χ2v) is 10.1. The number of halogens is 1. The molecule has 5 heterocycles. The highest BCUT2D eigenvalue weighted by Crippen LogP contribution is 2.31. The van der Waals surface area contributed by atoms with Crippen LogP contribution >= 0.6 is 0 Å². The van der Waals surface area contributed by atoms with Crippen LogP contribution in [0.15, 0.2) is 24.7 Å². The third-order valence-corrected chi connectivity index (χ3v) is 6.63. The molecule has 0 bridgehead atoms. The summed E-state index contributed by atoms with van der Waals surface area (Å²) in [4.78, 5) is 6.41. The monoisotopic (exact) mass is 484 g/mol. The smallest absolute Gasteiger partial charge is 0.250 e. The summed E-state index contributed by atoms with van der Waals surface area (Å²) in [5.41, 5.74) is 3.78. The van der Waals surface area contributed by atoms with Gasteiger partial charge in [0, 0.05) is 49.4 Å². The molecular formula is C25H33FN6O3. The molecule has 0 unspecified atom stereocenters. The molecule has 0 spiro atoms. The van der Waals surface area contributed by atoms with E-state index in [9.17, 15) is 9.50 Å². The van der Waals surface area contributed by atoms with E-state index in [-0.39, 0.29) is 5.88 Å². The summed E-state index contributed by atoms with van der Waals surface area (Å²) in [7, 11) is 1.40. The fourth-order valence-electron chi connectivity index (χ4n) is 5.18. The zero-order valence-electron chi connectivity index (χ0n) is 20.6. The van der Waals surface area contributed by atoms with Crippen LogP contribution in [0.3, 0.4) is 0 Å². The Balaban J connectivity index is 1.39. The molecule has 5 rings (SSSR count). The lowest BCUT2D eigenvalue weighted by atomic mass is 10.0. The fraction of sp³-hybridized carbons (Fsp3) is 0.560. The standard InChI is InChI=1S/C25H33FN6O3/c1-25(2,33)16-30-7-4-17(13-30)14-31-15-18(11-28-31)23-20-5-8-35-9-6-22(20)32(29-23)19-10-21(26)24(34-3)27-12-19/h10-12,15,17,33H,4-9,13-14,16H2,1-3H3/t17-/m0/s1. The molecule has 3 aromatic heterocycles. The Kier molecular flexibility index (Phi) is 6.61. The fourth-order valence-corrected chi connectivity index (χ4v) is 5.18. The van der Waals surface area contributed by atoms with E-state index in [0.29, 0.717) is 37.8 Å². The lowest BCUT2D eigenvalue weighted by molar-refractivity contribution is 0.0426. The van der Waals surface area contributed by atoms with Gasteiger partial charge in [0.05, 0.1) is 55.4 Å². The van der Waals surface area contributed by atoms with Gasteiger partial charge in [0.2, 0.25) is 5.88 Å². The van der Waals surface area contributed by atoms with Crippen molar-refractivity contribution >= 4 is 0 Å². The van der Waals surface area contributed by atoms with Crippen LogP contribution in [0.5, 0.6) is 5.88 Å². The molecule has 1 fully saturated rings. The third kappa shape index (κ3) is 5.24. The molecule has 10 heteroatoms. The maximum atomic E-state index is 14.4. The zero-order valence-corrected chi connectivity index (χ0v) is 20.6. The maximum absolute atomic E-state index is 14.4. The number of rotatable bonds is 7. The van der Waals surface area contributed by atoms with Gasteiger partial charge in [-0.1, -0.05) is 0 Å². The second kappa shape index (κ2) is 9.67. The van der Waals surface area contributed by atoms with Crippen molar-refractivity contribution in [2.45, 2.75) is 45.3 Å². The van der Waals surface area contributed by atoms with Crippen LogP contribution in [0, 0.1) is 11.7 Å². The van der Waals surface area contributed by atoms with Gasteiger partial charge >= 0.3 is 0 Å². The van der Waals surface area contributed by atoms with Crippen LogP contribution in [0.4, 0.5) is 4.39 Å². The highest BCUT2D eigenvalue weighted by Gasteiger charge is 2.28. The number of hydrogen-bond acceptors (Lipinski definition) is 7. The van der Waals surface area contributed by atoms with Crippen molar-refractivity contribution in [3.05, 3.63) is 41.7 Å². The van der Waals surface area contributed by atoms with Crippen molar-refractivity contribution in [3.63, 3.8) is 0 Å². The highest BCUT2D eigenvalue weighted by atomic mass is 19.1. The Morgan fingerprint density at radius 1 is 1.26 bits per heavy atom. The first kappa shape index (κ1) is 23.9. The first-order valence-corrected chi connectivity index (χ1v) is 12.2. The van der Waals surface area contributed by atoms with Gasteiger partial charge in [-0.3, -0.25) is 4.68 Å². The number of likely N-dealkylation sites (tertiary alicyclic amines) is 1. The van der Waals surface area contributed by atoms with Crippen LogP contribution in [-0.2, 0) is 24.1 Å².